The zero-order chi connectivity index (χ0) is 25.1. The monoisotopic (exact) mass is 505 g/mol. The van der Waals surface area contributed by atoms with Gasteiger partial charge in [-0.2, -0.15) is 0 Å². The molecule has 0 unspecified atom stereocenters. The Labute approximate surface area is 216 Å². The molecule has 0 bridgehead atoms. The third-order valence-corrected chi connectivity index (χ3v) is 8.88. The van der Waals surface area contributed by atoms with Crippen molar-refractivity contribution in [2.75, 3.05) is 13.6 Å². The first kappa shape index (κ1) is 24.8. The number of carbonyl (C=O) groups excluding carboxylic acids is 2. The van der Waals surface area contributed by atoms with Gasteiger partial charge in [0.1, 0.15) is 11.0 Å². The summed E-state index contributed by atoms with van der Waals surface area (Å²) >= 11 is 1.68. The van der Waals surface area contributed by atoms with Gasteiger partial charge in [0.25, 0.3) is 0 Å². The Kier molecular flexibility index (Phi) is 7.62. The lowest BCUT2D eigenvalue weighted by Crippen LogP contribution is -2.55. The maximum absolute atomic E-state index is 14.0. The molecule has 0 radical (unpaired) electrons. The molecule has 5 rings (SSSR count). The highest BCUT2D eigenvalue weighted by molar-refractivity contribution is 7.18. The highest BCUT2D eigenvalue weighted by atomic mass is 32.1. The van der Waals surface area contributed by atoms with Gasteiger partial charge in [-0.1, -0.05) is 31.4 Å². The Morgan fingerprint density at radius 2 is 1.83 bits per heavy atom. The number of pyridine rings is 1. The number of fused-ring (bicyclic) bond motifs is 1. The van der Waals surface area contributed by atoms with Gasteiger partial charge in [0.2, 0.25) is 11.8 Å². The number of likely N-dealkylation sites (N-methyl/N-ethyl adjacent to an activating group) is 1. The molecule has 2 amide bonds. The zero-order valence-electron chi connectivity index (χ0n) is 21.1. The Morgan fingerprint density at radius 3 is 2.58 bits per heavy atom. The van der Waals surface area contributed by atoms with E-state index in [1.165, 1.54) is 6.42 Å². The largest absolute Gasteiger partial charge is 0.343 e. The van der Waals surface area contributed by atoms with Crippen LogP contribution in [0.3, 0.4) is 0 Å². The molecule has 1 aromatic carbocycles. The van der Waals surface area contributed by atoms with Crippen LogP contribution in [-0.4, -0.2) is 52.4 Å². The third kappa shape index (κ3) is 5.02. The first-order valence-electron chi connectivity index (χ1n) is 13.1. The van der Waals surface area contributed by atoms with Crippen LogP contribution in [0.15, 0.2) is 42.7 Å². The van der Waals surface area contributed by atoms with Crippen molar-refractivity contribution in [2.45, 2.75) is 70.0 Å². The van der Waals surface area contributed by atoms with Gasteiger partial charge in [0, 0.05) is 24.5 Å². The number of likely N-dealkylation sites (tertiary alicyclic amines) is 1. The van der Waals surface area contributed by atoms with Gasteiger partial charge < -0.3 is 15.5 Å². The number of rotatable bonds is 7. The van der Waals surface area contributed by atoms with E-state index < -0.39 is 6.04 Å². The van der Waals surface area contributed by atoms with Crippen molar-refractivity contribution in [2.24, 2.45) is 5.92 Å². The second kappa shape index (κ2) is 11.0. The van der Waals surface area contributed by atoms with Crippen LogP contribution in [0.4, 0.5) is 0 Å². The van der Waals surface area contributed by atoms with E-state index in [0.29, 0.717) is 6.54 Å². The van der Waals surface area contributed by atoms with Crippen molar-refractivity contribution >= 4 is 33.4 Å². The van der Waals surface area contributed by atoms with Crippen LogP contribution in [-0.2, 0) is 9.59 Å². The second-order valence-corrected chi connectivity index (χ2v) is 11.1. The van der Waals surface area contributed by atoms with Crippen molar-refractivity contribution in [3.63, 3.8) is 0 Å². The first-order chi connectivity index (χ1) is 17.6. The van der Waals surface area contributed by atoms with Gasteiger partial charge in [-0.3, -0.25) is 14.6 Å². The normalized spacial score (nSPS) is 20.4. The SMILES string of the molecule is CN[C@@H](C)C(=O)N[C@H](C(=O)N1CCC[C@@H]1c1nc2c(-c3ccncc3)cccc2s1)C1CCCCC1. The summed E-state index contributed by atoms with van der Waals surface area (Å²) < 4.78 is 1.12. The van der Waals surface area contributed by atoms with Gasteiger partial charge in [-0.25, -0.2) is 4.98 Å². The Bertz CT molecular complexity index is 1210. The third-order valence-electron chi connectivity index (χ3n) is 7.76. The molecular weight excluding hydrogens is 470 g/mol. The van der Waals surface area contributed by atoms with Crippen LogP contribution in [0.5, 0.6) is 0 Å². The van der Waals surface area contributed by atoms with Gasteiger partial charge in [0.15, 0.2) is 0 Å². The minimum Gasteiger partial charge on any atom is -0.343 e. The highest BCUT2D eigenvalue weighted by Crippen LogP contribution is 2.40. The van der Waals surface area contributed by atoms with Crippen molar-refractivity contribution in [3.05, 3.63) is 47.7 Å². The predicted molar refractivity (Wildman–Crippen MR) is 144 cm³/mol. The molecule has 7 nitrogen and oxygen atoms in total. The second-order valence-electron chi connectivity index (χ2n) is 10.0. The molecule has 36 heavy (non-hydrogen) atoms. The minimum absolute atomic E-state index is 0.0506. The van der Waals surface area contributed by atoms with Crippen LogP contribution >= 0.6 is 11.3 Å². The average Bonchev–Trinajstić information content (AvgIpc) is 3.59. The molecule has 8 heteroatoms. The number of thiazole rings is 1. The van der Waals surface area contributed by atoms with E-state index in [9.17, 15) is 9.59 Å². The maximum Gasteiger partial charge on any atom is 0.246 e. The van der Waals surface area contributed by atoms with Gasteiger partial charge in [-0.05, 0) is 69.3 Å². The van der Waals surface area contributed by atoms with E-state index >= 15 is 0 Å². The maximum atomic E-state index is 14.0. The van der Waals surface area contributed by atoms with Crippen LogP contribution in [0, 0.1) is 5.92 Å². The summed E-state index contributed by atoms with van der Waals surface area (Å²) in [6.07, 6.45) is 10.8. The Morgan fingerprint density at radius 1 is 1.06 bits per heavy atom. The molecular formula is C28H35N5O2S. The molecule has 1 aliphatic heterocycles. The number of amides is 2. The van der Waals surface area contributed by atoms with E-state index in [4.69, 9.17) is 4.98 Å². The summed E-state index contributed by atoms with van der Waals surface area (Å²) in [5.41, 5.74) is 3.15. The highest BCUT2D eigenvalue weighted by Gasteiger charge is 2.40. The average molecular weight is 506 g/mol. The van der Waals surface area contributed by atoms with E-state index in [0.717, 1.165) is 64.9 Å². The van der Waals surface area contributed by atoms with Crippen molar-refractivity contribution < 1.29 is 9.59 Å². The number of benzene rings is 1. The number of para-hydroxylation sites is 1. The molecule has 2 fully saturated rings. The predicted octanol–water partition coefficient (Wildman–Crippen LogP) is 4.69. The molecule has 3 aromatic rings. The smallest absolute Gasteiger partial charge is 0.246 e. The van der Waals surface area contributed by atoms with E-state index in [1.54, 1.807) is 30.8 Å². The molecule has 2 N–H and O–H groups in total. The van der Waals surface area contributed by atoms with Crippen molar-refractivity contribution in [1.82, 2.24) is 25.5 Å². The summed E-state index contributed by atoms with van der Waals surface area (Å²) in [4.78, 5) is 38.1. The van der Waals surface area contributed by atoms with E-state index in [-0.39, 0.29) is 29.8 Å². The van der Waals surface area contributed by atoms with Gasteiger partial charge in [-0.15, -0.1) is 11.3 Å². The van der Waals surface area contributed by atoms with Gasteiger partial charge >= 0.3 is 0 Å². The van der Waals surface area contributed by atoms with Crippen molar-refractivity contribution in [1.29, 1.82) is 0 Å². The zero-order valence-corrected chi connectivity index (χ0v) is 21.9. The summed E-state index contributed by atoms with van der Waals surface area (Å²) in [5.74, 6) is 0.128. The molecule has 190 valence electrons. The number of carbonyl (C=O) groups is 2. The quantitative estimate of drug-likeness (QED) is 0.486. The van der Waals surface area contributed by atoms with E-state index in [2.05, 4.69) is 33.8 Å². The van der Waals surface area contributed by atoms with E-state index in [1.807, 2.05) is 24.0 Å². The van der Waals surface area contributed by atoms with Crippen LogP contribution in [0.25, 0.3) is 21.3 Å². The van der Waals surface area contributed by atoms with Crippen LogP contribution < -0.4 is 10.6 Å². The molecule has 0 spiro atoms. The number of aromatic nitrogens is 2. The fourth-order valence-electron chi connectivity index (χ4n) is 5.60. The Balaban J connectivity index is 1.44. The first-order valence-corrected chi connectivity index (χ1v) is 14.0. The van der Waals surface area contributed by atoms with Crippen LogP contribution in [0.1, 0.15) is 62.9 Å². The lowest BCUT2D eigenvalue weighted by molar-refractivity contribution is -0.139. The lowest BCUT2D eigenvalue weighted by Gasteiger charge is -2.35. The number of hydrogen-bond donors (Lipinski definition) is 2. The molecule has 2 aliphatic rings. The topological polar surface area (TPSA) is 87.2 Å². The summed E-state index contributed by atoms with van der Waals surface area (Å²) in [7, 11) is 1.77. The molecule has 3 heterocycles. The number of nitrogens with zero attached hydrogens (tertiary/aromatic N) is 3. The van der Waals surface area contributed by atoms with Gasteiger partial charge in [0.05, 0.1) is 22.3 Å². The molecule has 1 saturated carbocycles. The summed E-state index contributed by atoms with van der Waals surface area (Å²) in [6, 6.07) is 9.40. The fourth-order valence-corrected chi connectivity index (χ4v) is 6.74. The molecule has 2 aromatic heterocycles. The van der Waals surface area contributed by atoms with Crippen molar-refractivity contribution in [3.8, 4) is 11.1 Å². The Hall–Kier alpha value is -2.84. The molecule has 1 aliphatic carbocycles. The van der Waals surface area contributed by atoms with Crippen LogP contribution in [0.2, 0.25) is 0 Å². The standard InChI is InChI=1S/C28H35N5O2S/c1-18(29-2)26(34)31-24(20-8-4-3-5-9-20)28(35)33-17-7-11-22(33)27-32-25-21(10-6-12-23(25)36-27)19-13-15-30-16-14-19/h6,10,12-16,18,20,22,24,29H,3-5,7-9,11,17H2,1-2H3,(H,31,34)/t18-,22+,24-/m0/s1. The fraction of sp³-hybridized carbons (Fsp3) is 0.500. The lowest BCUT2D eigenvalue weighted by atomic mass is 9.83. The summed E-state index contributed by atoms with van der Waals surface area (Å²) in [6.45, 7) is 2.54. The molecule has 1 saturated heterocycles. The number of nitrogens with one attached hydrogen (secondary N) is 2. The minimum atomic E-state index is -0.476. The molecule has 3 atom stereocenters. The number of hydrogen-bond acceptors (Lipinski definition) is 6. The summed E-state index contributed by atoms with van der Waals surface area (Å²) in [5, 5.41) is 7.11.